The Hall–Kier alpha value is -3.15. The molecule has 2 N–H and O–H groups in total. The Labute approximate surface area is 222 Å². The summed E-state index contributed by atoms with van der Waals surface area (Å²) in [4.78, 5) is 38.2. The van der Waals surface area contributed by atoms with Crippen molar-refractivity contribution in [3.05, 3.63) is 41.5 Å². The standard InChI is InChI=1S/C27H38N4O7/c1-4-9-31(38-11-5-2)24(33)15-30-14-20(18-12-19(16-32)26-22(13-18)36-17-37-26)25(27(34)35)21(30)6-7-23-28-8-10-29(23)3/h8,10,12-13,20-21,25,32H,4-7,9,11,14-17H2,1-3H3,(H,34,35)/t20-,21+,25-/m1/s1. The summed E-state index contributed by atoms with van der Waals surface area (Å²) in [5, 5.41) is 21.8. The van der Waals surface area contributed by atoms with Gasteiger partial charge in [0.2, 0.25) is 6.79 Å². The van der Waals surface area contributed by atoms with Gasteiger partial charge < -0.3 is 24.3 Å². The lowest BCUT2D eigenvalue weighted by Gasteiger charge is -2.29. The number of likely N-dealkylation sites (tertiary alicyclic amines) is 1. The van der Waals surface area contributed by atoms with Crippen LogP contribution < -0.4 is 9.47 Å². The second-order valence-corrected chi connectivity index (χ2v) is 9.86. The summed E-state index contributed by atoms with van der Waals surface area (Å²) in [5.41, 5.74) is 1.30. The number of aliphatic hydroxyl groups is 1. The van der Waals surface area contributed by atoms with E-state index >= 15 is 0 Å². The fraction of sp³-hybridized carbons (Fsp3) is 0.593. The predicted octanol–water partition coefficient (Wildman–Crippen LogP) is 2.32. The molecule has 0 unspecified atom stereocenters. The average molecular weight is 531 g/mol. The molecule has 3 atom stereocenters. The van der Waals surface area contributed by atoms with Gasteiger partial charge in [-0.25, -0.2) is 10.0 Å². The SMILES string of the molecule is CCCON(CCC)C(=O)CN1C[C@H](c2cc(CO)c3c(c2)OCO3)[C@@H](C(=O)O)[C@@H]1CCc1nccn1C. The van der Waals surface area contributed by atoms with E-state index in [9.17, 15) is 19.8 Å². The fourth-order valence-electron chi connectivity index (χ4n) is 5.46. The summed E-state index contributed by atoms with van der Waals surface area (Å²) in [6.45, 7) is 5.09. The van der Waals surface area contributed by atoms with Crippen molar-refractivity contribution in [2.45, 2.75) is 58.1 Å². The third-order valence-electron chi connectivity index (χ3n) is 7.28. The lowest BCUT2D eigenvalue weighted by atomic mass is 9.83. The Balaban J connectivity index is 1.65. The van der Waals surface area contributed by atoms with Crippen LogP contribution in [0.2, 0.25) is 0 Å². The Morgan fingerprint density at radius 3 is 2.71 bits per heavy atom. The fourth-order valence-corrected chi connectivity index (χ4v) is 5.46. The smallest absolute Gasteiger partial charge is 0.308 e. The van der Waals surface area contributed by atoms with Gasteiger partial charge in [0, 0.05) is 56.5 Å². The quantitative estimate of drug-likeness (QED) is 0.375. The first-order valence-electron chi connectivity index (χ1n) is 13.3. The van der Waals surface area contributed by atoms with Crippen LogP contribution in [-0.4, -0.2) is 80.7 Å². The predicted molar refractivity (Wildman–Crippen MR) is 137 cm³/mol. The van der Waals surface area contributed by atoms with E-state index in [0.29, 0.717) is 49.6 Å². The monoisotopic (exact) mass is 530 g/mol. The molecule has 4 rings (SSSR count). The summed E-state index contributed by atoms with van der Waals surface area (Å²) in [6, 6.07) is 3.19. The second-order valence-electron chi connectivity index (χ2n) is 9.86. The van der Waals surface area contributed by atoms with Crippen molar-refractivity contribution in [2.24, 2.45) is 13.0 Å². The van der Waals surface area contributed by atoms with Crippen LogP contribution in [0.1, 0.15) is 56.0 Å². The van der Waals surface area contributed by atoms with Gasteiger partial charge in [0.05, 0.1) is 25.7 Å². The first-order chi connectivity index (χ1) is 18.4. The number of benzene rings is 1. The van der Waals surface area contributed by atoms with Gasteiger partial charge in [0.25, 0.3) is 5.91 Å². The summed E-state index contributed by atoms with van der Waals surface area (Å²) >= 11 is 0. The number of carboxylic acids is 1. The number of carbonyl (C=O) groups excluding carboxylic acids is 1. The minimum atomic E-state index is -0.925. The summed E-state index contributed by atoms with van der Waals surface area (Å²) in [7, 11) is 1.91. The molecule has 0 saturated carbocycles. The first kappa shape index (κ1) is 27.9. The van der Waals surface area contributed by atoms with Crippen LogP contribution in [0.25, 0.3) is 0 Å². The topological polar surface area (TPSA) is 127 Å². The number of aliphatic hydroxyl groups excluding tert-OH is 1. The molecule has 208 valence electrons. The number of amides is 1. The Bertz CT molecular complexity index is 1120. The van der Waals surface area contributed by atoms with Crippen LogP contribution in [0.15, 0.2) is 24.5 Å². The molecule has 0 radical (unpaired) electrons. The van der Waals surface area contributed by atoms with E-state index in [1.165, 1.54) is 5.06 Å². The first-order valence-corrected chi connectivity index (χ1v) is 13.3. The molecule has 3 heterocycles. The van der Waals surface area contributed by atoms with Gasteiger partial charge in [0.1, 0.15) is 5.82 Å². The summed E-state index contributed by atoms with van der Waals surface area (Å²) in [5.74, 6) is -0.457. The Kier molecular flexibility index (Phi) is 9.24. The number of carbonyl (C=O) groups is 2. The van der Waals surface area contributed by atoms with Crippen LogP contribution in [0.3, 0.4) is 0 Å². The van der Waals surface area contributed by atoms with Crippen molar-refractivity contribution < 1.29 is 34.1 Å². The molecule has 1 amide bonds. The number of aromatic nitrogens is 2. The van der Waals surface area contributed by atoms with Gasteiger partial charge in [-0.05, 0) is 37.0 Å². The molecule has 0 aliphatic carbocycles. The number of rotatable bonds is 13. The van der Waals surface area contributed by atoms with Crippen molar-refractivity contribution in [1.29, 1.82) is 0 Å². The molecule has 2 aliphatic rings. The minimum absolute atomic E-state index is 0.0482. The van der Waals surface area contributed by atoms with Gasteiger partial charge in [-0.2, -0.15) is 0 Å². The number of carboxylic acid groups (broad SMARTS) is 1. The number of hydrogen-bond acceptors (Lipinski definition) is 8. The molecule has 1 saturated heterocycles. The van der Waals surface area contributed by atoms with Crippen LogP contribution in [-0.2, 0) is 34.5 Å². The maximum absolute atomic E-state index is 13.3. The van der Waals surface area contributed by atoms with Crippen LogP contribution in [0, 0.1) is 5.92 Å². The molecule has 2 aromatic rings. The zero-order chi connectivity index (χ0) is 27.2. The molecule has 11 nitrogen and oxygen atoms in total. The Morgan fingerprint density at radius 1 is 1.24 bits per heavy atom. The number of hydroxylamine groups is 2. The maximum atomic E-state index is 13.3. The average Bonchev–Trinajstić information content (AvgIpc) is 3.63. The van der Waals surface area contributed by atoms with E-state index in [1.807, 2.05) is 36.6 Å². The molecule has 38 heavy (non-hydrogen) atoms. The van der Waals surface area contributed by atoms with E-state index in [4.69, 9.17) is 14.3 Å². The van der Waals surface area contributed by atoms with E-state index < -0.39 is 23.8 Å². The van der Waals surface area contributed by atoms with Gasteiger partial charge >= 0.3 is 5.97 Å². The molecule has 0 bridgehead atoms. The van der Waals surface area contributed by atoms with Gasteiger partial charge in [-0.3, -0.25) is 19.3 Å². The van der Waals surface area contributed by atoms with Gasteiger partial charge in [-0.1, -0.05) is 13.8 Å². The molecule has 1 fully saturated rings. The van der Waals surface area contributed by atoms with E-state index in [-0.39, 0.29) is 25.9 Å². The highest BCUT2D eigenvalue weighted by Crippen LogP contribution is 2.44. The van der Waals surface area contributed by atoms with Gasteiger partial charge in [-0.15, -0.1) is 0 Å². The Morgan fingerprint density at radius 2 is 2.05 bits per heavy atom. The molecular weight excluding hydrogens is 492 g/mol. The highest BCUT2D eigenvalue weighted by atomic mass is 16.7. The summed E-state index contributed by atoms with van der Waals surface area (Å²) < 4.78 is 13.0. The second kappa shape index (κ2) is 12.6. The van der Waals surface area contributed by atoms with E-state index in [1.54, 1.807) is 18.3 Å². The summed E-state index contributed by atoms with van der Waals surface area (Å²) in [6.07, 6.45) is 6.21. The lowest BCUT2D eigenvalue weighted by Crippen LogP contribution is -2.44. The number of nitrogens with zero attached hydrogens (tertiary/aromatic N) is 4. The van der Waals surface area contributed by atoms with Crippen molar-refractivity contribution in [1.82, 2.24) is 19.5 Å². The number of hydrogen-bond donors (Lipinski definition) is 2. The zero-order valence-electron chi connectivity index (χ0n) is 22.3. The molecule has 11 heteroatoms. The van der Waals surface area contributed by atoms with Crippen LogP contribution in [0.4, 0.5) is 0 Å². The third kappa shape index (κ3) is 5.95. The van der Waals surface area contributed by atoms with Gasteiger partial charge in [0.15, 0.2) is 11.5 Å². The normalized spacial score (nSPS) is 20.7. The van der Waals surface area contributed by atoms with Crippen molar-refractivity contribution in [2.75, 3.05) is 33.0 Å². The number of imidazole rings is 1. The largest absolute Gasteiger partial charge is 0.481 e. The zero-order valence-corrected chi connectivity index (χ0v) is 22.3. The van der Waals surface area contributed by atoms with Crippen molar-refractivity contribution in [3.8, 4) is 11.5 Å². The highest BCUT2D eigenvalue weighted by molar-refractivity contribution is 5.78. The highest BCUT2D eigenvalue weighted by Gasteiger charge is 2.47. The molecule has 1 aromatic heterocycles. The van der Waals surface area contributed by atoms with Crippen LogP contribution >= 0.6 is 0 Å². The van der Waals surface area contributed by atoms with Crippen molar-refractivity contribution in [3.63, 3.8) is 0 Å². The number of fused-ring (bicyclic) bond motifs is 1. The number of ether oxygens (including phenoxy) is 2. The van der Waals surface area contributed by atoms with Crippen molar-refractivity contribution >= 4 is 11.9 Å². The van der Waals surface area contributed by atoms with E-state index in [0.717, 1.165) is 24.2 Å². The molecular formula is C27H38N4O7. The number of aliphatic carboxylic acids is 1. The molecule has 2 aliphatic heterocycles. The minimum Gasteiger partial charge on any atom is -0.481 e. The number of aryl methyl sites for hydroxylation is 2. The van der Waals surface area contributed by atoms with E-state index in [2.05, 4.69) is 4.98 Å². The van der Waals surface area contributed by atoms with Crippen LogP contribution in [0.5, 0.6) is 11.5 Å². The lowest BCUT2D eigenvalue weighted by molar-refractivity contribution is -0.188. The third-order valence-corrected chi connectivity index (χ3v) is 7.28. The maximum Gasteiger partial charge on any atom is 0.308 e. The molecule has 0 spiro atoms. The molecule has 1 aromatic carbocycles.